The summed E-state index contributed by atoms with van der Waals surface area (Å²) in [4.78, 5) is 0. The highest BCUT2D eigenvalue weighted by atomic mass is 35.7. The van der Waals surface area contributed by atoms with Crippen LogP contribution in [0.5, 0.6) is 0 Å². The molecule has 0 aliphatic rings. The van der Waals surface area contributed by atoms with Crippen molar-refractivity contribution in [1.82, 2.24) is 0 Å². The molecule has 41 heteroatoms. The first-order chi connectivity index (χ1) is 29.1. The van der Waals surface area contributed by atoms with Gasteiger partial charge in [-0.05, 0) is 33.4 Å². The summed E-state index contributed by atoms with van der Waals surface area (Å²) in [5.74, 6) is -113. The summed E-state index contributed by atoms with van der Waals surface area (Å²) in [5.41, 5.74) is 0. The van der Waals surface area contributed by atoms with Gasteiger partial charge in [0.1, 0.15) is 0 Å². The van der Waals surface area contributed by atoms with E-state index in [1.807, 2.05) is 0 Å². The van der Waals surface area contributed by atoms with Crippen LogP contribution >= 0.6 is 22.2 Å². The fraction of sp³-hybridized carbons (Fsp3) is 1.00. The van der Waals surface area contributed by atoms with E-state index in [1.165, 1.54) is 20.8 Å². The molecule has 0 saturated heterocycles. The highest BCUT2D eigenvalue weighted by Crippen LogP contribution is 2.66. The molecule has 0 N–H and O–H groups in total. The molecule has 0 aromatic heterocycles. The van der Waals surface area contributed by atoms with Crippen molar-refractivity contribution in [3.8, 4) is 0 Å². The average molecular weight is 1170 g/mol. The Hall–Kier alpha value is -1.49. The van der Waals surface area contributed by atoms with Crippen molar-refractivity contribution in [3.05, 3.63) is 0 Å². The maximum Gasteiger partial charge on any atom is 0.501 e. The molecule has 0 rings (SSSR count). The topological polar surface area (TPSA) is 27.7 Å². The fourth-order valence-electron chi connectivity index (χ4n) is 4.39. The zero-order valence-corrected chi connectivity index (χ0v) is 36.3. The lowest BCUT2D eigenvalue weighted by molar-refractivity contribution is -0.461. The minimum atomic E-state index is -8.65. The van der Waals surface area contributed by atoms with E-state index in [4.69, 9.17) is 35.4 Å². The van der Waals surface area contributed by atoms with E-state index >= 15 is 0 Å². The fourth-order valence-corrected chi connectivity index (χ4v) is 8.34. The quantitative estimate of drug-likeness (QED) is 0.0548. The normalized spacial score (nSPS) is 16.2. The number of halogens is 36. The Labute approximate surface area is 367 Å². The van der Waals surface area contributed by atoms with E-state index in [0.29, 0.717) is 0 Å². The van der Waals surface area contributed by atoms with Crippen molar-refractivity contribution >= 4 is 37.7 Å². The van der Waals surface area contributed by atoms with E-state index in [2.05, 4.69) is 0 Å². The molecule has 3 nitrogen and oxygen atoms in total. The molecule has 0 bridgehead atoms. The van der Waals surface area contributed by atoms with Gasteiger partial charge in [0, 0.05) is 38.7 Å². The Bertz CT molecular complexity index is 1620. The van der Waals surface area contributed by atoms with Gasteiger partial charge < -0.3 is 13.3 Å². The summed E-state index contributed by atoms with van der Waals surface area (Å²) in [5, 5.41) is 0. The molecule has 0 aliphatic carbocycles. The lowest BCUT2D eigenvalue weighted by Gasteiger charge is -2.43. The summed E-state index contributed by atoms with van der Waals surface area (Å²) < 4.78 is 462. The van der Waals surface area contributed by atoms with Crippen molar-refractivity contribution in [2.75, 3.05) is 19.8 Å². The summed E-state index contributed by atoms with van der Waals surface area (Å²) >= 11 is 10.4. The van der Waals surface area contributed by atoms with Crippen molar-refractivity contribution in [3.63, 3.8) is 0 Å². The maximum absolute atomic E-state index is 14.1. The van der Waals surface area contributed by atoms with Gasteiger partial charge >= 0.3 is 104 Å². The van der Waals surface area contributed by atoms with Gasteiger partial charge in [-0.1, -0.05) is 0 Å². The molecular formula is C27H26Cl2F34O3Si2. The second-order valence-electron chi connectivity index (χ2n) is 13.3. The van der Waals surface area contributed by atoms with Crippen LogP contribution < -0.4 is 0 Å². The van der Waals surface area contributed by atoms with E-state index < -0.39 is 156 Å². The van der Waals surface area contributed by atoms with E-state index in [0.717, 1.165) is 6.55 Å². The van der Waals surface area contributed by atoms with Crippen LogP contribution in [-0.2, 0) is 13.3 Å². The third-order valence-corrected chi connectivity index (χ3v) is 13.6. The van der Waals surface area contributed by atoms with E-state index in [1.54, 1.807) is 0 Å². The summed E-state index contributed by atoms with van der Waals surface area (Å²) in [6.07, 6.45) is -20.8. The molecule has 412 valence electrons. The van der Waals surface area contributed by atoms with Gasteiger partial charge in [0.25, 0.3) is 0 Å². The predicted molar refractivity (Wildman–Crippen MR) is 164 cm³/mol. The van der Waals surface area contributed by atoms with Gasteiger partial charge in [-0.15, -0.1) is 22.2 Å². The Morgan fingerprint density at radius 1 is 0.294 bits per heavy atom. The van der Waals surface area contributed by atoms with Crippen LogP contribution in [0.15, 0.2) is 0 Å². The van der Waals surface area contributed by atoms with Gasteiger partial charge in [0.2, 0.25) is 6.69 Å². The highest BCUT2D eigenvalue weighted by Gasteiger charge is 2.97. The van der Waals surface area contributed by atoms with Gasteiger partial charge in [-0.2, -0.15) is 149 Å². The summed E-state index contributed by atoms with van der Waals surface area (Å²) in [7, 11) is -4.44. The lowest BCUT2D eigenvalue weighted by Crippen LogP contribution is -2.74. The largest absolute Gasteiger partial charge is 0.501 e. The number of hydrogen-bond acceptors (Lipinski definition) is 3. The number of alkyl halides is 34. The third-order valence-electron chi connectivity index (χ3n) is 8.29. The second-order valence-corrected chi connectivity index (χ2v) is 24.3. The molecule has 0 aromatic carbocycles. The van der Waals surface area contributed by atoms with Crippen LogP contribution in [0, 0.1) is 0 Å². The molecule has 0 fully saturated rings. The molecule has 0 radical (unpaired) electrons. The zero-order chi connectivity index (χ0) is 56.1. The van der Waals surface area contributed by atoms with Crippen molar-refractivity contribution in [1.29, 1.82) is 0 Å². The third kappa shape index (κ3) is 11.5. The molecule has 68 heavy (non-hydrogen) atoms. The Morgan fingerprint density at radius 2 is 0.471 bits per heavy atom. The molecule has 0 unspecified atom stereocenters. The minimum Gasteiger partial charge on any atom is -0.374 e. The average Bonchev–Trinajstić information content (AvgIpc) is 3.11. The number of hydrogen-bond donors (Lipinski definition) is 0. The maximum atomic E-state index is 14.1. The summed E-state index contributed by atoms with van der Waals surface area (Å²) in [6.45, 7) is -0.804. The van der Waals surface area contributed by atoms with Gasteiger partial charge in [0.15, 0.2) is 0 Å². The van der Waals surface area contributed by atoms with Crippen LogP contribution in [0.4, 0.5) is 149 Å². The van der Waals surface area contributed by atoms with Crippen LogP contribution in [0.2, 0.25) is 18.6 Å². The van der Waals surface area contributed by atoms with Crippen LogP contribution in [0.1, 0.15) is 33.6 Å². The van der Waals surface area contributed by atoms with Crippen molar-refractivity contribution < 1.29 is 163 Å². The van der Waals surface area contributed by atoms with Crippen LogP contribution in [-0.4, -0.2) is 131 Å². The molecule has 0 aromatic rings. The molecule has 0 spiro atoms. The van der Waals surface area contributed by atoms with Gasteiger partial charge in [-0.3, -0.25) is 0 Å². The standard InChI is InChI=1S/C16H19F17O3Si.C11H7Cl2F17Si/c1-4-34-37(35-5-2,36-6-3)8-7-9(17,18)10(19,20)11(21,22)12(23,24)13(25,26)14(27,28)15(29,30)16(31,32)33;1-31(12,13)3-2-4(14,15)5(16,17)6(18,19)7(20,21)8(22,23)9(24,25)10(26,27)11(28,29)30/h4-8H2,1-3H3;2-3H2,1H3. The Kier molecular flexibility index (Phi) is 20.3. The monoisotopic (exact) mass is 1170 g/mol. The van der Waals surface area contributed by atoms with Gasteiger partial charge in [-0.25, -0.2) is 0 Å². The van der Waals surface area contributed by atoms with Gasteiger partial charge in [0.05, 0.1) is 0 Å². The molecule has 0 aliphatic heterocycles. The first kappa shape index (κ1) is 68.6. The molecular weight excluding hydrogens is 1150 g/mol. The first-order valence-corrected chi connectivity index (χ1v) is 23.5. The molecule has 0 amide bonds. The van der Waals surface area contributed by atoms with E-state index in [9.17, 15) is 149 Å². The number of rotatable bonds is 24. The summed E-state index contributed by atoms with van der Waals surface area (Å²) in [6, 6.07) is -3.04. The minimum absolute atomic E-state index is 0.420. The Balaban J connectivity index is 0. The van der Waals surface area contributed by atoms with Crippen molar-refractivity contribution in [2.24, 2.45) is 0 Å². The molecule has 0 saturated carbocycles. The molecule has 0 atom stereocenters. The van der Waals surface area contributed by atoms with Crippen LogP contribution in [0.25, 0.3) is 0 Å². The smallest absolute Gasteiger partial charge is 0.374 e. The van der Waals surface area contributed by atoms with Crippen molar-refractivity contribution in [2.45, 2.75) is 148 Å². The highest BCUT2D eigenvalue weighted by molar-refractivity contribution is 7.44. The van der Waals surface area contributed by atoms with E-state index in [-0.39, 0.29) is 0 Å². The van der Waals surface area contributed by atoms with Crippen LogP contribution in [0.3, 0.4) is 0 Å². The zero-order valence-electron chi connectivity index (χ0n) is 32.8. The SMILES string of the molecule is CCO[Si](CCC(F)(F)C(F)(F)C(F)(F)C(F)(F)C(F)(F)C(F)(F)C(F)(F)C(F)(F)F)(OCC)OCC.C[Si](Cl)(Cl)CCC(F)(F)C(F)(F)C(F)(F)C(F)(F)C(F)(F)C(F)(F)C(F)(F)C(F)(F)F. The second kappa shape index (κ2) is 20.1. The first-order valence-electron chi connectivity index (χ1n) is 16.8. The lowest BCUT2D eigenvalue weighted by atomic mass is 9.88. The Morgan fingerprint density at radius 3 is 0.647 bits per heavy atom. The molecule has 0 heterocycles. The predicted octanol–water partition coefficient (Wildman–Crippen LogP) is 15.4.